The van der Waals surface area contributed by atoms with Gasteiger partial charge in [0.05, 0.1) is 17.7 Å². The fraction of sp³-hybridized carbons (Fsp3) is 0.348. The summed E-state index contributed by atoms with van der Waals surface area (Å²) in [5.74, 6) is -0.539. The van der Waals surface area contributed by atoms with Gasteiger partial charge >= 0.3 is 0 Å². The van der Waals surface area contributed by atoms with Gasteiger partial charge in [-0.2, -0.15) is 4.39 Å². The Morgan fingerprint density at radius 2 is 2.03 bits per heavy atom. The minimum absolute atomic E-state index is 0.0306. The van der Waals surface area contributed by atoms with E-state index in [1.54, 1.807) is 12.3 Å². The van der Waals surface area contributed by atoms with Crippen molar-refractivity contribution in [2.45, 2.75) is 50.8 Å². The monoisotopic (exact) mass is 391 g/mol. The van der Waals surface area contributed by atoms with Crippen molar-refractivity contribution in [1.29, 1.82) is 0 Å². The molecule has 1 saturated carbocycles. The Morgan fingerprint density at radius 3 is 2.83 bits per heavy atom. The molecule has 6 heteroatoms. The molecule has 0 bridgehead atoms. The van der Waals surface area contributed by atoms with Gasteiger partial charge in [-0.05, 0) is 48.6 Å². The average molecular weight is 391 g/mol. The minimum Gasteiger partial charge on any atom is -0.391 e. The molecule has 2 aromatic heterocycles. The molecule has 2 unspecified atom stereocenters. The van der Waals surface area contributed by atoms with Gasteiger partial charge in [-0.25, -0.2) is 4.98 Å². The number of hydrogen-bond donors (Lipinski definition) is 1. The van der Waals surface area contributed by atoms with Crippen molar-refractivity contribution in [2.24, 2.45) is 0 Å². The Labute approximate surface area is 168 Å². The second-order valence-electron chi connectivity index (χ2n) is 7.98. The highest BCUT2D eigenvalue weighted by Crippen LogP contribution is 2.36. The van der Waals surface area contributed by atoms with E-state index in [2.05, 4.69) is 9.97 Å². The van der Waals surface area contributed by atoms with E-state index in [1.807, 2.05) is 23.1 Å². The molecule has 0 radical (unpaired) electrons. The number of fused-ring (bicyclic) bond motifs is 3. The number of halogens is 1. The van der Waals surface area contributed by atoms with Gasteiger partial charge in [-0.3, -0.25) is 9.78 Å². The van der Waals surface area contributed by atoms with E-state index < -0.39 is 12.1 Å². The molecule has 5 nitrogen and oxygen atoms in total. The summed E-state index contributed by atoms with van der Waals surface area (Å²) in [7, 11) is 0. The van der Waals surface area contributed by atoms with Crippen LogP contribution >= 0.6 is 0 Å². The van der Waals surface area contributed by atoms with Crippen LogP contribution in [0.3, 0.4) is 0 Å². The number of pyridine rings is 2. The zero-order valence-corrected chi connectivity index (χ0v) is 16.0. The van der Waals surface area contributed by atoms with Gasteiger partial charge in [0, 0.05) is 35.5 Å². The Hall–Kier alpha value is -2.86. The van der Waals surface area contributed by atoms with E-state index in [1.165, 1.54) is 12.3 Å². The molecule has 29 heavy (non-hydrogen) atoms. The van der Waals surface area contributed by atoms with E-state index in [9.17, 15) is 14.3 Å². The highest BCUT2D eigenvalue weighted by Gasteiger charge is 2.38. The van der Waals surface area contributed by atoms with Crippen LogP contribution in [0.5, 0.6) is 0 Å². The smallest absolute Gasteiger partial charge is 0.254 e. The van der Waals surface area contributed by atoms with Crippen molar-refractivity contribution in [3.63, 3.8) is 0 Å². The number of aliphatic hydroxyl groups excluding tert-OH is 1. The first kappa shape index (κ1) is 18.2. The Bertz CT molecular complexity index is 1080. The topological polar surface area (TPSA) is 66.3 Å². The van der Waals surface area contributed by atoms with Crippen molar-refractivity contribution in [1.82, 2.24) is 14.9 Å². The summed E-state index contributed by atoms with van der Waals surface area (Å²) >= 11 is 0. The van der Waals surface area contributed by atoms with Gasteiger partial charge in [0.15, 0.2) is 0 Å². The zero-order valence-electron chi connectivity index (χ0n) is 16.0. The number of nitrogens with zero attached hydrogens (tertiary/aromatic N) is 3. The summed E-state index contributed by atoms with van der Waals surface area (Å²) < 4.78 is 13.2. The van der Waals surface area contributed by atoms with Crippen molar-refractivity contribution in [2.75, 3.05) is 0 Å². The van der Waals surface area contributed by atoms with Crippen LogP contribution < -0.4 is 0 Å². The van der Waals surface area contributed by atoms with Crippen molar-refractivity contribution >= 4 is 16.8 Å². The summed E-state index contributed by atoms with van der Waals surface area (Å²) in [5.41, 5.74) is 4.28. The van der Waals surface area contributed by atoms with Gasteiger partial charge in [0.1, 0.15) is 0 Å². The maximum absolute atomic E-state index is 13.3. The molecule has 0 saturated heterocycles. The molecule has 1 aliphatic carbocycles. The molecule has 3 aromatic rings. The number of amides is 1. The molecular formula is C23H22FN3O2. The third-order valence-corrected chi connectivity index (χ3v) is 6.18. The van der Waals surface area contributed by atoms with Crippen LogP contribution in [0, 0.1) is 5.95 Å². The molecule has 2 aliphatic rings. The van der Waals surface area contributed by atoms with Crippen LogP contribution in [0.2, 0.25) is 0 Å². The van der Waals surface area contributed by atoms with Crippen LogP contribution in [0.4, 0.5) is 4.39 Å². The molecule has 3 heterocycles. The lowest BCUT2D eigenvalue weighted by molar-refractivity contribution is 0.0192. The summed E-state index contributed by atoms with van der Waals surface area (Å²) in [5, 5.41) is 11.5. The second-order valence-corrected chi connectivity index (χ2v) is 7.98. The van der Waals surface area contributed by atoms with Crippen molar-refractivity contribution < 1.29 is 14.3 Å². The summed E-state index contributed by atoms with van der Waals surface area (Å²) in [6, 6.07) is 8.77. The molecule has 0 spiro atoms. The molecule has 1 aromatic carbocycles. The molecule has 1 N–H and O–H groups in total. The number of hydrogen-bond acceptors (Lipinski definition) is 4. The Morgan fingerprint density at radius 1 is 1.17 bits per heavy atom. The maximum Gasteiger partial charge on any atom is 0.254 e. The van der Waals surface area contributed by atoms with Gasteiger partial charge < -0.3 is 10.0 Å². The number of carbonyl (C=O) groups excluding carboxylic acids is 1. The van der Waals surface area contributed by atoms with E-state index in [4.69, 9.17) is 0 Å². The van der Waals surface area contributed by atoms with E-state index in [-0.39, 0.29) is 11.9 Å². The number of benzene rings is 1. The number of aliphatic hydroxyl groups is 1. The summed E-state index contributed by atoms with van der Waals surface area (Å²) in [6.45, 7) is 0.488. The molecule has 5 rings (SSSR count). The largest absolute Gasteiger partial charge is 0.391 e. The van der Waals surface area contributed by atoms with Crippen LogP contribution in [-0.2, 0) is 13.0 Å². The standard InChI is InChI=1S/C23H22FN3O2/c24-21-8-7-14(12-26-21)10-15-11-17-18(22-16(15)4-3-9-25-22)13-27(23(17)29)19-5-1-2-6-20(19)28/h3-4,7-9,11-12,19-20,28H,1-2,5-6,10,13H2. The highest BCUT2D eigenvalue weighted by atomic mass is 19.1. The second kappa shape index (κ2) is 7.19. The van der Waals surface area contributed by atoms with Crippen LogP contribution in [0.1, 0.15) is 52.7 Å². The average Bonchev–Trinajstić information content (AvgIpc) is 3.07. The lowest BCUT2D eigenvalue weighted by Gasteiger charge is -2.35. The van der Waals surface area contributed by atoms with E-state index in [0.717, 1.165) is 53.3 Å². The third kappa shape index (κ3) is 3.17. The van der Waals surface area contributed by atoms with Crippen LogP contribution in [0.25, 0.3) is 10.9 Å². The normalized spacial score (nSPS) is 21.6. The SMILES string of the molecule is O=C1c2cc(Cc3ccc(F)nc3)c3cccnc3c2CN1C1CCCCC1O. The number of aromatic nitrogens is 2. The third-order valence-electron chi connectivity index (χ3n) is 6.18. The Kier molecular flexibility index (Phi) is 4.51. The number of rotatable bonds is 3. The van der Waals surface area contributed by atoms with Gasteiger partial charge in [0.2, 0.25) is 5.95 Å². The van der Waals surface area contributed by atoms with Crippen LogP contribution in [0.15, 0.2) is 42.7 Å². The maximum atomic E-state index is 13.3. The van der Waals surface area contributed by atoms with Gasteiger partial charge in [0.25, 0.3) is 5.91 Å². The van der Waals surface area contributed by atoms with Crippen LogP contribution in [-0.4, -0.2) is 38.0 Å². The minimum atomic E-state index is -0.508. The zero-order chi connectivity index (χ0) is 20.0. The molecule has 2 atom stereocenters. The number of carbonyl (C=O) groups is 1. The van der Waals surface area contributed by atoms with E-state index >= 15 is 0 Å². The summed E-state index contributed by atoms with van der Waals surface area (Å²) in [6.07, 6.45) is 6.96. The van der Waals surface area contributed by atoms with Crippen molar-refractivity contribution in [3.8, 4) is 0 Å². The summed E-state index contributed by atoms with van der Waals surface area (Å²) in [4.78, 5) is 23.4. The predicted octanol–water partition coefficient (Wildman–Crippen LogP) is 3.62. The Balaban J connectivity index is 1.56. The fourth-order valence-electron chi connectivity index (χ4n) is 4.72. The lowest BCUT2D eigenvalue weighted by Crippen LogP contribution is -2.45. The van der Waals surface area contributed by atoms with E-state index in [0.29, 0.717) is 18.5 Å². The molecule has 148 valence electrons. The first-order valence-corrected chi connectivity index (χ1v) is 10.1. The lowest BCUT2D eigenvalue weighted by atomic mass is 9.91. The first-order valence-electron chi connectivity index (χ1n) is 10.1. The first-order chi connectivity index (χ1) is 14.1. The quantitative estimate of drug-likeness (QED) is 0.693. The molecule has 1 aliphatic heterocycles. The van der Waals surface area contributed by atoms with Crippen molar-refractivity contribution in [3.05, 3.63) is 70.9 Å². The fourth-order valence-corrected chi connectivity index (χ4v) is 4.72. The molecule has 1 amide bonds. The predicted molar refractivity (Wildman–Crippen MR) is 107 cm³/mol. The van der Waals surface area contributed by atoms with Gasteiger partial charge in [-0.15, -0.1) is 0 Å². The molecular weight excluding hydrogens is 369 g/mol. The van der Waals surface area contributed by atoms with Gasteiger partial charge in [-0.1, -0.05) is 25.0 Å². The molecule has 1 fully saturated rings. The highest BCUT2D eigenvalue weighted by molar-refractivity contribution is 6.04.